The molecule has 30 heavy (non-hydrogen) atoms. The van der Waals surface area contributed by atoms with Crippen molar-refractivity contribution in [2.75, 3.05) is 25.3 Å². The topological polar surface area (TPSA) is 121 Å². The third kappa shape index (κ3) is 4.69. The fourth-order valence-corrected chi connectivity index (χ4v) is 3.36. The first-order valence-corrected chi connectivity index (χ1v) is 9.70. The molecule has 11 heteroatoms. The third-order valence-corrected chi connectivity index (χ3v) is 5.20. The summed E-state index contributed by atoms with van der Waals surface area (Å²) in [4.78, 5) is 22.7. The minimum Gasteiger partial charge on any atom is -0.497 e. The molecule has 1 heterocycles. The SMILES string of the molecule is COc1ccc(OC)c(NC(=O)CSc2nnc(-c3ccc([N+](=O)[O-])cc3)n2C)c1. The van der Waals surface area contributed by atoms with E-state index in [0.717, 1.165) is 0 Å². The van der Waals surface area contributed by atoms with Crippen molar-refractivity contribution in [2.24, 2.45) is 7.05 Å². The number of nitro benzene ring substituents is 1. The maximum Gasteiger partial charge on any atom is 0.269 e. The van der Waals surface area contributed by atoms with Gasteiger partial charge in [0.2, 0.25) is 5.91 Å². The molecule has 0 aliphatic heterocycles. The Labute approximate surface area is 176 Å². The highest BCUT2D eigenvalue weighted by molar-refractivity contribution is 7.99. The molecule has 0 radical (unpaired) electrons. The maximum absolute atomic E-state index is 12.4. The Morgan fingerprint density at radius 3 is 2.53 bits per heavy atom. The first-order chi connectivity index (χ1) is 14.4. The monoisotopic (exact) mass is 429 g/mol. The average molecular weight is 429 g/mol. The van der Waals surface area contributed by atoms with Gasteiger partial charge in [0.05, 0.1) is 30.6 Å². The van der Waals surface area contributed by atoms with Gasteiger partial charge in [0, 0.05) is 30.8 Å². The molecule has 1 N–H and O–H groups in total. The van der Waals surface area contributed by atoms with Gasteiger partial charge in [0.25, 0.3) is 5.69 Å². The number of anilines is 1. The lowest BCUT2D eigenvalue weighted by molar-refractivity contribution is -0.384. The summed E-state index contributed by atoms with van der Waals surface area (Å²) in [5, 5.41) is 22.4. The summed E-state index contributed by atoms with van der Waals surface area (Å²) < 4.78 is 12.2. The van der Waals surface area contributed by atoms with Gasteiger partial charge < -0.3 is 19.4 Å². The van der Waals surface area contributed by atoms with Crippen molar-refractivity contribution in [1.29, 1.82) is 0 Å². The van der Waals surface area contributed by atoms with Gasteiger partial charge in [0.1, 0.15) is 11.5 Å². The zero-order valence-corrected chi connectivity index (χ0v) is 17.3. The van der Waals surface area contributed by atoms with Gasteiger partial charge >= 0.3 is 0 Å². The Hall–Kier alpha value is -3.60. The summed E-state index contributed by atoms with van der Waals surface area (Å²) >= 11 is 1.22. The standard InChI is InChI=1S/C19H19N5O5S/c1-23-18(12-4-6-13(7-5-12)24(26)27)21-22-19(23)30-11-17(25)20-15-10-14(28-2)8-9-16(15)29-3/h4-10H,11H2,1-3H3,(H,20,25). The number of hydrogen-bond donors (Lipinski definition) is 1. The number of nitro groups is 1. The summed E-state index contributed by atoms with van der Waals surface area (Å²) in [7, 11) is 4.83. The van der Waals surface area contributed by atoms with Crippen molar-refractivity contribution in [3.63, 3.8) is 0 Å². The number of benzene rings is 2. The Morgan fingerprint density at radius 1 is 1.17 bits per heavy atom. The number of rotatable bonds is 8. The molecule has 2 aromatic carbocycles. The van der Waals surface area contributed by atoms with E-state index in [0.29, 0.717) is 33.7 Å². The van der Waals surface area contributed by atoms with Crippen LogP contribution < -0.4 is 14.8 Å². The molecule has 0 aliphatic carbocycles. The Bertz CT molecular complexity index is 1070. The fourth-order valence-electron chi connectivity index (χ4n) is 2.65. The van der Waals surface area contributed by atoms with Gasteiger partial charge in [-0.05, 0) is 24.3 Å². The number of nitrogens with one attached hydrogen (secondary N) is 1. The summed E-state index contributed by atoms with van der Waals surface area (Å²) in [6.45, 7) is 0. The zero-order chi connectivity index (χ0) is 21.7. The predicted octanol–water partition coefficient (Wildman–Crippen LogP) is 3.14. The maximum atomic E-state index is 12.4. The molecule has 156 valence electrons. The molecule has 0 bridgehead atoms. The lowest BCUT2D eigenvalue weighted by atomic mass is 10.2. The lowest BCUT2D eigenvalue weighted by Gasteiger charge is -2.11. The Balaban J connectivity index is 1.67. The number of aromatic nitrogens is 3. The van der Waals surface area contributed by atoms with E-state index in [-0.39, 0.29) is 17.3 Å². The lowest BCUT2D eigenvalue weighted by Crippen LogP contribution is -2.15. The molecule has 0 saturated heterocycles. The van der Waals surface area contributed by atoms with E-state index in [9.17, 15) is 14.9 Å². The van der Waals surface area contributed by atoms with Crippen molar-refractivity contribution in [3.05, 3.63) is 52.6 Å². The van der Waals surface area contributed by atoms with Gasteiger partial charge in [-0.2, -0.15) is 0 Å². The highest BCUT2D eigenvalue weighted by Crippen LogP contribution is 2.29. The quantitative estimate of drug-likeness (QED) is 0.329. The van der Waals surface area contributed by atoms with Crippen molar-refractivity contribution in [3.8, 4) is 22.9 Å². The molecule has 0 aliphatic rings. The van der Waals surface area contributed by atoms with E-state index in [1.807, 2.05) is 0 Å². The van der Waals surface area contributed by atoms with E-state index in [1.165, 1.54) is 31.0 Å². The normalized spacial score (nSPS) is 10.5. The number of nitrogens with zero attached hydrogens (tertiary/aromatic N) is 4. The molecule has 0 fully saturated rings. The summed E-state index contributed by atoms with van der Waals surface area (Å²) in [6, 6.07) is 11.2. The third-order valence-electron chi connectivity index (χ3n) is 4.18. The zero-order valence-electron chi connectivity index (χ0n) is 16.5. The molecule has 3 rings (SSSR count). The second-order valence-electron chi connectivity index (χ2n) is 6.07. The summed E-state index contributed by atoms with van der Waals surface area (Å²) in [5.41, 5.74) is 1.19. The second-order valence-corrected chi connectivity index (χ2v) is 7.01. The van der Waals surface area contributed by atoms with Crippen LogP contribution in [-0.4, -0.2) is 45.6 Å². The fraction of sp³-hybridized carbons (Fsp3) is 0.211. The molecular weight excluding hydrogens is 410 g/mol. The van der Waals surface area contributed by atoms with Crippen LogP contribution >= 0.6 is 11.8 Å². The number of non-ortho nitro benzene ring substituents is 1. The van der Waals surface area contributed by atoms with E-state index in [2.05, 4.69) is 15.5 Å². The van der Waals surface area contributed by atoms with Crippen molar-refractivity contribution in [2.45, 2.75) is 5.16 Å². The van der Waals surface area contributed by atoms with Crippen LogP contribution in [0.3, 0.4) is 0 Å². The smallest absolute Gasteiger partial charge is 0.269 e. The number of thioether (sulfide) groups is 1. The van der Waals surface area contributed by atoms with Crippen LogP contribution in [0.25, 0.3) is 11.4 Å². The van der Waals surface area contributed by atoms with Crippen LogP contribution in [0, 0.1) is 10.1 Å². The number of methoxy groups -OCH3 is 2. The molecular formula is C19H19N5O5S. The van der Waals surface area contributed by atoms with Gasteiger partial charge in [-0.25, -0.2) is 0 Å². The predicted molar refractivity (Wildman–Crippen MR) is 112 cm³/mol. The minimum absolute atomic E-state index is 0.000147. The molecule has 1 aromatic heterocycles. The van der Waals surface area contributed by atoms with E-state index < -0.39 is 4.92 Å². The first-order valence-electron chi connectivity index (χ1n) is 8.72. The number of hydrogen-bond acceptors (Lipinski definition) is 8. The first kappa shape index (κ1) is 21.1. The van der Waals surface area contributed by atoms with Gasteiger partial charge in [0.15, 0.2) is 11.0 Å². The molecule has 1 amide bonds. The summed E-state index contributed by atoms with van der Waals surface area (Å²) in [5.74, 6) is 1.52. The highest BCUT2D eigenvalue weighted by atomic mass is 32.2. The minimum atomic E-state index is -0.461. The average Bonchev–Trinajstić information content (AvgIpc) is 3.12. The van der Waals surface area contributed by atoms with Crippen molar-refractivity contribution >= 4 is 29.0 Å². The number of carbonyl (C=O) groups excluding carboxylic acids is 1. The number of ether oxygens (including phenoxy) is 2. The van der Waals surface area contributed by atoms with Crippen LogP contribution in [-0.2, 0) is 11.8 Å². The Morgan fingerprint density at radius 2 is 1.90 bits per heavy atom. The summed E-state index contributed by atoms with van der Waals surface area (Å²) in [6.07, 6.45) is 0. The second kappa shape index (κ2) is 9.27. The molecule has 10 nitrogen and oxygen atoms in total. The molecule has 3 aromatic rings. The van der Waals surface area contributed by atoms with E-state index in [4.69, 9.17) is 9.47 Å². The van der Waals surface area contributed by atoms with Crippen LogP contribution in [0.2, 0.25) is 0 Å². The van der Waals surface area contributed by atoms with Crippen molar-refractivity contribution < 1.29 is 19.2 Å². The molecule has 0 saturated carbocycles. The van der Waals surface area contributed by atoms with Gasteiger partial charge in [-0.15, -0.1) is 10.2 Å². The van der Waals surface area contributed by atoms with Crippen LogP contribution in [0.4, 0.5) is 11.4 Å². The van der Waals surface area contributed by atoms with Crippen LogP contribution in [0.15, 0.2) is 47.6 Å². The van der Waals surface area contributed by atoms with Crippen LogP contribution in [0.1, 0.15) is 0 Å². The van der Waals surface area contributed by atoms with Crippen LogP contribution in [0.5, 0.6) is 11.5 Å². The molecule has 0 spiro atoms. The van der Waals surface area contributed by atoms with Crippen molar-refractivity contribution in [1.82, 2.24) is 14.8 Å². The highest BCUT2D eigenvalue weighted by Gasteiger charge is 2.15. The van der Waals surface area contributed by atoms with Gasteiger partial charge in [-0.1, -0.05) is 11.8 Å². The number of carbonyl (C=O) groups is 1. The number of amides is 1. The molecule has 0 atom stereocenters. The largest absolute Gasteiger partial charge is 0.497 e. The van der Waals surface area contributed by atoms with Gasteiger partial charge in [-0.3, -0.25) is 14.9 Å². The van der Waals surface area contributed by atoms with E-state index >= 15 is 0 Å². The molecule has 0 unspecified atom stereocenters. The Kier molecular flexibility index (Phi) is 6.52. The van der Waals surface area contributed by atoms with E-state index in [1.54, 1.807) is 49.1 Å².